The van der Waals surface area contributed by atoms with Crippen molar-refractivity contribution in [2.45, 2.75) is 88.6 Å². The van der Waals surface area contributed by atoms with Gasteiger partial charge >= 0.3 is 10.2 Å². The van der Waals surface area contributed by atoms with Gasteiger partial charge in [-0.05, 0) is 62.8 Å². The van der Waals surface area contributed by atoms with E-state index in [2.05, 4.69) is 16.1 Å². The number of nitrogens with one attached hydrogen (secondary N) is 2. The number of nitrogens with zero attached hydrogens (tertiary/aromatic N) is 4. The summed E-state index contributed by atoms with van der Waals surface area (Å²) >= 11 is 0. The van der Waals surface area contributed by atoms with Crippen molar-refractivity contribution in [1.82, 2.24) is 28.8 Å². The Labute approximate surface area is 293 Å². The average Bonchev–Trinajstić information content (AvgIpc) is 3.41. The fraction of sp³-hybridized carbons (Fsp3) is 0.500. The summed E-state index contributed by atoms with van der Waals surface area (Å²) in [7, 11) is -1.48. The number of fused-ring (bicyclic) bond motifs is 3. The van der Waals surface area contributed by atoms with Crippen LogP contribution >= 0.6 is 0 Å². The molecular weight excluding hydrogens is 659 g/mol. The lowest BCUT2D eigenvalue weighted by Crippen LogP contribution is -2.58. The fourth-order valence-corrected chi connectivity index (χ4v) is 7.58. The predicted molar refractivity (Wildman–Crippen MR) is 190 cm³/mol. The lowest BCUT2D eigenvalue weighted by molar-refractivity contribution is -0.140. The van der Waals surface area contributed by atoms with E-state index in [1.54, 1.807) is 0 Å². The molecule has 0 spiro atoms. The molecule has 3 aliphatic rings. The van der Waals surface area contributed by atoms with Crippen molar-refractivity contribution in [3.63, 3.8) is 0 Å². The van der Waals surface area contributed by atoms with E-state index >= 15 is 0 Å². The normalized spacial score (nSPS) is 26.3. The average molecular weight is 706 g/mol. The number of rotatable bonds is 7. The molecule has 2 aromatic carbocycles. The molecule has 0 unspecified atom stereocenters. The van der Waals surface area contributed by atoms with Gasteiger partial charge in [0.25, 0.3) is 11.9 Å². The van der Waals surface area contributed by atoms with Crippen LogP contribution in [0, 0.1) is 5.92 Å². The zero-order valence-electron chi connectivity index (χ0n) is 29.0. The van der Waals surface area contributed by atoms with Crippen molar-refractivity contribution >= 4 is 39.0 Å². The maximum atomic E-state index is 14.1. The van der Waals surface area contributed by atoms with Crippen molar-refractivity contribution in [3.8, 4) is 17.1 Å². The van der Waals surface area contributed by atoms with Crippen molar-refractivity contribution in [3.05, 3.63) is 60.7 Å². The quantitative estimate of drug-likeness (QED) is 0.315. The monoisotopic (exact) mass is 705 g/mol. The van der Waals surface area contributed by atoms with Gasteiger partial charge in [-0.15, -0.1) is 0 Å². The first kappa shape index (κ1) is 35.6. The third kappa shape index (κ3) is 7.14. The maximum Gasteiger partial charge on any atom is 0.303 e. The van der Waals surface area contributed by atoms with E-state index in [9.17, 15) is 22.8 Å². The number of allylic oxidation sites excluding steroid dienone is 1. The van der Waals surface area contributed by atoms with Crippen LogP contribution in [-0.4, -0.2) is 89.3 Å². The maximum absolute atomic E-state index is 14.1. The van der Waals surface area contributed by atoms with Crippen molar-refractivity contribution in [2.24, 2.45) is 11.7 Å². The number of amides is 3. The van der Waals surface area contributed by atoms with E-state index in [1.165, 1.54) is 19.0 Å². The third-order valence-electron chi connectivity index (χ3n) is 9.94. The molecule has 0 radical (unpaired) electrons. The van der Waals surface area contributed by atoms with E-state index in [0.29, 0.717) is 12.4 Å². The number of carbonyl (C=O) groups is 3. The van der Waals surface area contributed by atoms with Crippen LogP contribution in [0.4, 0.5) is 0 Å². The van der Waals surface area contributed by atoms with E-state index in [1.807, 2.05) is 73.0 Å². The van der Waals surface area contributed by atoms with E-state index in [4.69, 9.17) is 15.5 Å². The Morgan fingerprint density at radius 1 is 1.10 bits per heavy atom. The highest BCUT2D eigenvalue weighted by atomic mass is 32.2. The molecule has 2 aliphatic heterocycles. The fourth-order valence-electron chi connectivity index (χ4n) is 6.98. The summed E-state index contributed by atoms with van der Waals surface area (Å²) < 4.78 is 36.8. The summed E-state index contributed by atoms with van der Waals surface area (Å²) in [6.07, 6.45) is 7.33. The number of aromatic nitrogens is 2. The topological polar surface area (TPSA) is 169 Å². The number of ether oxygens (including phenoxy) is 1. The minimum Gasteiger partial charge on any atom is -0.459 e. The molecule has 0 bridgehead atoms. The van der Waals surface area contributed by atoms with E-state index in [-0.39, 0.29) is 31.3 Å². The van der Waals surface area contributed by atoms with Crippen LogP contribution in [0.3, 0.4) is 0 Å². The van der Waals surface area contributed by atoms with Gasteiger partial charge in [0.15, 0.2) is 0 Å². The first-order valence-corrected chi connectivity index (χ1v) is 18.8. The first-order valence-electron chi connectivity index (χ1n) is 17.3. The number of carbonyl (C=O) groups excluding carboxylic acids is 3. The molecule has 1 aromatic heterocycles. The molecule has 3 amide bonds. The summed E-state index contributed by atoms with van der Waals surface area (Å²) in [4.78, 5) is 47.8. The SMILES string of the molecule is CC(C)n1c(O[C@@H]2C[C@H]3C(=O)N[C@]4(C(=O)NS(=O)(=O)N(C)C)C[C@H]4C=CCCCCC[C@H](N)C(=O)N3C2)nc2cc(-c3ccccc3)ccc21. The summed E-state index contributed by atoms with van der Waals surface area (Å²) in [6.45, 7) is 4.17. The van der Waals surface area contributed by atoms with Crippen LogP contribution in [0.1, 0.15) is 64.8 Å². The molecular formula is C36H47N7O6S. The second-order valence-electron chi connectivity index (χ2n) is 14.1. The third-order valence-corrected chi connectivity index (χ3v) is 11.3. The molecule has 3 heterocycles. The summed E-state index contributed by atoms with van der Waals surface area (Å²) in [5.74, 6) is -2.15. The Hall–Kier alpha value is -4.27. The Bertz CT molecular complexity index is 1890. The van der Waals surface area contributed by atoms with Crippen LogP contribution < -0.4 is 20.5 Å². The van der Waals surface area contributed by atoms with Gasteiger partial charge in [0.1, 0.15) is 17.7 Å². The molecule has 6 rings (SSSR count). The minimum absolute atomic E-state index is 0.000499. The highest BCUT2D eigenvalue weighted by molar-refractivity contribution is 7.87. The Kier molecular flexibility index (Phi) is 10.1. The molecule has 3 aromatic rings. The number of benzene rings is 2. The van der Waals surface area contributed by atoms with Crippen LogP contribution in [0.15, 0.2) is 60.7 Å². The lowest BCUT2D eigenvalue weighted by atomic mass is 10.1. The first-order chi connectivity index (χ1) is 23.8. The highest BCUT2D eigenvalue weighted by Gasteiger charge is 2.61. The molecule has 2 fully saturated rings. The van der Waals surface area contributed by atoms with Gasteiger partial charge < -0.3 is 20.7 Å². The molecule has 13 nitrogen and oxygen atoms in total. The molecule has 1 saturated heterocycles. The van der Waals surface area contributed by atoms with Gasteiger partial charge in [0, 0.05) is 32.5 Å². The molecule has 1 saturated carbocycles. The zero-order valence-corrected chi connectivity index (χ0v) is 29.9. The predicted octanol–water partition coefficient (Wildman–Crippen LogP) is 3.28. The highest BCUT2D eigenvalue weighted by Crippen LogP contribution is 2.46. The lowest BCUT2D eigenvalue weighted by Gasteiger charge is -2.28. The second-order valence-corrected chi connectivity index (χ2v) is 16.0. The molecule has 14 heteroatoms. The van der Waals surface area contributed by atoms with Gasteiger partial charge in [-0.2, -0.15) is 17.7 Å². The van der Waals surface area contributed by atoms with Gasteiger partial charge in [0.2, 0.25) is 11.8 Å². The number of hydrogen-bond donors (Lipinski definition) is 3. The molecule has 4 N–H and O–H groups in total. The van der Waals surface area contributed by atoms with Crippen LogP contribution in [0.2, 0.25) is 0 Å². The van der Waals surface area contributed by atoms with Crippen molar-refractivity contribution < 1.29 is 27.5 Å². The molecule has 1 aliphatic carbocycles. The number of imidazole rings is 1. The smallest absolute Gasteiger partial charge is 0.303 e. The number of nitrogens with two attached hydrogens (primary N) is 1. The summed E-state index contributed by atoms with van der Waals surface area (Å²) in [5.41, 5.74) is 8.67. The van der Waals surface area contributed by atoms with Crippen LogP contribution in [-0.2, 0) is 24.6 Å². The largest absolute Gasteiger partial charge is 0.459 e. The Balaban J connectivity index is 1.30. The molecule has 268 valence electrons. The zero-order chi connectivity index (χ0) is 35.8. The summed E-state index contributed by atoms with van der Waals surface area (Å²) in [5, 5.41) is 2.87. The minimum atomic E-state index is -4.11. The Morgan fingerprint density at radius 3 is 2.58 bits per heavy atom. The van der Waals surface area contributed by atoms with Crippen molar-refractivity contribution in [2.75, 3.05) is 20.6 Å². The van der Waals surface area contributed by atoms with E-state index in [0.717, 1.165) is 52.1 Å². The summed E-state index contributed by atoms with van der Waals surface area (Å²) in [6, 6.07) is 14.7. The number of hydrogen-bond acceptors (Lipinski definition) is 8. The van der Waals surface area contributed by atoms with E-state index < -0.39 is 51.7 Å². The van der Waals surface area contributed by atoms with Crippen molar-refractivity contribution in [1.29, 1.82) is 0 Å². The van der Waals surface area contributed by atoms with Gasteiger partial charge in [0.05, 0.1) is 23.6 Å². The van der Waals surface area contributed by atoms with Gasteiger partial charge in [-0.25, -0.2) is 4.72 Å². The Morgan fingerprint density at radius 2 is 1.86 bits per heavy atom. The van der Waals surface area contributed by atoms with Crippen LogP contribution in [0.5, 0.6) is 6.01 Å². The second kappa shape index (κ2) is 14.2. The standard InChI is InChI=1S/C36H47N7O6S/c1-23(2)43-30-18-17-25(24-13-9-8-10-14-24)19-29(30)38-35(43)49-27-20-31-32(44)39-36(34(46)40-50(47,48)41(3)4)21-26(36)15-11-6-5-7-12-16-28(37)33(45)42(31)22-27/h8-11,13-15,17-19,23,26-28,31H,5-7,12,16,20-22,37H2,1-4H3,(H,39,44)(H,40,46)/t26-,27-,28+,31+,36-/m1/s1. The molecule has 50 heavy (non-hydrogen) atoms. The molecule has 5 atom stereocenters. The van der Waals surface area contributed by atoms with Gasteiger partial charge in [-0.1, -0.05) is 61.4 Å². The van der Waals surface area contributed by atoms with Crippen LogP contribution in [0.25, 0.3) is 22.2 Å². The van der Waals surface area contributed by atoms with Gasteiger partial charge in [-0.3, -0.25) is 19.0 Å².